The first-order chi connectivity index (χ1) is 12.3. The average Bonchev–Trinajstić information content (AvgIpc) is 2.53. The van der Waals surface area contributed by atoms with E-state index in [0.717, 1.165) is 5.56 Å². The Labute approximate surface area is 156 Å². The lowest BCUT2D eigenvalue weighted by atomic mass is 10.1. The van der Waals surface area contributed by atoms with Gasteiger partial charge in [-0.2, -0.15) is 0 Å². The number of carbonyl (C=O) groups excluding carboxylic acids is 3. The van der Waals surface area contributed by atoms with Gasteiger partial charge in [-0.15, -0.1) is 0 Å². The minimum atomic E-state index is -0.351. The fraction of sp³-hybridized carbons (Fsp3) is 0.211. The van der Waals surface area contributed by atoms with Crippen molar-refractivity contribution in [3.63, 3.8) is 0 Å². The molecule has 0 heterocycles. The smallest absolute Gasteiger partial charge is 0.251 e. The van der Waals surface area contributed by atoms with Gasteiger partial charge in [-0.25, -0.2) is 0 Å². The van der Waals surface area contributed by atoms with Crippen LogP contribution in [0.4, 0.5) is 11.4 Å². The largest absolute Gasteiger partial charge is 0.345 e. The number of hydrogen-bond donors (Lipinski definition) is 3. The molecular formula is C19H20ClN3O3. The van der Waals surface area contributed by atoms with Gasteiger partial charge in [0.05, 0.1) is 6.04 Å². The number of carbonyl (C=O) groups is 3. The molecule has 0 aliphatic heterocycles. The molecule has 1 atom stereocenters. The van der Waals surface area contributed by atoms with Crippen LogP contribution in [0.5, 0.6) is 0 Å². The minimum absolute atomic E-state index is 0.277. The molecule has 26 heavy (non-hydrogen) atoms. The van der Waals surface area contributed by atoms with Gasteiger partial charge >= 0.3 is 0 Å². The summed E-state index contributed by atoms with van der Waals surface area (Å²) in [4.78, 5) is 35.3. The lowest BCUT2D eigenvalue weighted by Crippen LogP contribution is -2.27. The second-order valence-electron chi connectivity index (χ2n) is 5.88. The predicted molar refractivity (Wildman–Crippen MR) is 102 cm³/mol. The van der Waals surface area contributed by atoms with Crippen LogP contribution < -0.4 is 16.0 Å². The molecule has 2 rings (SSSR count). The van der Waals surface area contributed by atoms with Gasteiger partial charge in [0, 0.05) is 35.8 Å². The maximum atomic E-state index is 12.6. The first kappa shape index (κ1) is 19.5. The van der Waals surface area contributed by atoms with Crippen molar-refractivity contribution in [3.05, 3.63) is 58.6 Å². The topological polar surface area (TPSA) is 87.3 Å². The van der Waals surface area contributed by atoms with E-state index in [4.69, 9.17) is 11.6 Å². The molecular weight excluding hydrogens is 354 g/mol. The molecule has 2 aromatic rings. The number of anilines is 2. The molecule has 136 valence electrons. The van der Waals surface area contributed by atoms with E-state index < -0.39 is 0 Å². The highest BCUT2D eigenvalue weighted by atomic mass is 35.5. The Morgan fingerprint density at radius 1 is 0.923 bits per heavy atom. The van der Waals surface area contributed by atoms with Crippen LogP contribution in [0.25, 0.3) is 0 Å². The summed E-state index contributed by atoms with van der Waals surface area (Å²) < 4.78 is 0. The molecule has 0 saturated carbocycles. The van der Waals surface area contributed by atoms with E-state index in [-0.39, 0.29) is 23.8 Å². The van der Waals surface area contributed by atoms with Gasteiger partial charge in [-0.05, 0) is 36.8 Å². The average molecular weight is 374 g/mol. The summed E-state index contributed by atoms with van der Waals surface area (Å²) in [5.41, 5.74) is 1.93. The Morgan fingerprint density at radius 2 is 1.46 bits per heavy atom. The Hall–Kier alpha value is -2.86. The van der Waals surface area contributed by atoms with Gasteiger partial charge in [-0.3, -0.25) is 14.4 Å². The first-order valence-electron chi connectivity index (χ1n) is 8.02. The van der Waals surface area contributed by atoms with E-state index in [1.54, 1.807) is 24.3 Å². The Kier molecular flexibility index (Phi) is 6.36. The molecule has 3 N–H and O–H groups in total. The lowest BCUT2D eigenvalue weighted by Gasteiger charge is -2.17. The molecule has 0 spiro atoms. The van der Waals surface area contributed by atoms with Crippen LogP contribution in [0.15, 0.2) is 42.5 Å². The van der Waals surface area contributed by atoms with Crippen LogP contribution in [-0.2, 0) is 9.59 Å². The van der Waals surface area contributed by atoms with E-state index >= 15 is 0 Å². The second kappa shape index (κ2) is 8.49. The van der Waals surface area contributed by atoms with Gasteiger partial charge in [0.1, 0.15) is 0 Å². The van der Waals surface area contributed by atoms with Gasteiger partial charge in [-0.1, -0.05) is 29.8 Å². The van der Waals surface area contributed by atoms with Crippen molar-refractivity contribution in [1.82, 2.24) is 5.32 Å². The Balaban J connectivity index is 2.27. The molecule has 0 unspecified atom stereocenters. The molecule has 6 nitrogen and oxygen atoms in total. The highest BCUT2D eigenvalue weighted by Gasteiger charge is 2.15. The van der Waals surface area contributed by atoms with Crippen molar-refractivity contribution >= 4 is 40.7 Å². The number of hydrogen-bond acceptors (Lipinski definition) is 3. The molecule has 0 saturated heterocycles. The number of rotatable bonds is 5. The Bertz CT molecular complexity index is 817. The minimum Gasteiger partial charge on any atom is -0.345 e. The molecule has 2 aromatic carbocycles. The van der Waals surface area contributed by atoms with Crippen LogP contribution in [0.3, 0.4) is 0 Å². The third kappa shape index (κ3) is 5.32. The summed E-state index contributed by atoms with van der Waals surface area (Å²) in [5.74, 6) is -0.905. The monoisotopic (exact) mass is 373 g/mol. The van der Waals surface area contributed by atoms with Gasteiger partial charge in [0.2, 0.25) is 11.8 Å². The van der Waals surface area contributed by atoms with Crippen molar-refractivity contribution in [3.8, 4) is 0 Å². The van der Waals surface area contributed by atoms with E-state index in [2.05, 4.69) is 16.0 Å². The molecule has 0 aromatic heterocycles. The van der Waals surface area contributed by atoms with Crippen molar-refractivity contribution in [2.24, 2.45) is 0 Å². The summed E-state index contributed by atoms with van der Waals surface area (Å²) in [6, 6.07) is 11.6. The molecule has 7 heteroatoms. The fourth-order valence-corrected chi connectivity index (χ4v) is 2.79. The Morgan fingerprint density at radius 3 is 1.96 bits per heavy atom. The van der Waals surface area contributed by atoms with Crippen molar-refractivity contribution in [2.75, 3.05) is 10.6 Å². The van der Waals surface area contributed by atoms with E-state index in [9.17, 15) is 14.4 Å². The number of benzene rings is 2. The zero-order valence-corrected chi connectivity index (χ0v) is 15.5. The summed E-state index contributed by atoms with van der Waals surface area (Å²) in [7, 11) is 0. The van der Waals surface area contributed by atoms with Crippen LogP contribution in [0.1, 0.15) is 42.7 Å². The number of nitrogens with one attached hydrogen (secondary N) is 3. The highest BCUT2D eigenvalue weighted by molar-refractivity contribution is 6.31. The van der Waals surface area contributed by atoms with Crippen molar-refractivity contribution in [2.45, 2.75) is 26.8 Å². The molecule has 0 aliphatic rings. The van der Waals surface area contributed by atoms with Gasteiger partial charge < -0.3 is 16.0 Å². The first-order valence-corrected chi connectivity index (χ1v) is 8.39. The number of halogens is 1. The molecule has 3 amide bonds. The van der Waals surface area contributed by atoms with Crippen molar-refractivity contribution in [1.29, 1.82) is 0 Å². The van der Waals surface area contributed by atoms with E-state index in [0.29, 0.717) is 22.0 Å². The van der Waals surface area contributed by atoms with Crippen LogP contribution in [0, 0.1) is 0 Å². The van der Waals surface area contributed by atoms with Gasteiger partial charge in [0.15, 0.2) is 0 Å². The quantitative estimate of drug-likeness (QED) is 0.745. The van der Waals surface area contributed by atoms with Gasteiger partial charge in [0.25, 0.3) is 5.91 Å². The maximum absolute atomic E-state index is 12.6. The summed E-state index contributed by atoms with van der Waals surface area (Å²) in [6.45, 7) is 4.56. The standard InChI is InChI=1S/C19H20ClN3O3/c1-11(17-6-4-5-7-18(17)20)21-19(26)14-8-15(22-12(2)24)10-16(9-14)23-13(3)25/h4-11H,1-3H3,(H,21,26)(H,22,24)(H,23,25)/t11-/m1/s1. The number of amides is 3. The summed E-state index contributed by atoms with van der Waals surface area (Å²) in [5, 5.41) is 8.66. The predicted octanol–water partition coefficient (Wildman–Crippen LogP) is 3.75. The maximum Gasteiger partial charge on any atom is 0.251 e. The normalized spacial score (nSPS) is 11.4. The fourth-order valence-electron chi connectivity index (χ4n) is 2.49. The molecule has 0 bridgehead atoms. The zero-order chi connectivity index (χ0) is 19.3. The molecule has 0 fully saturated rings. The second-order valence-corrected chi connectivity index (χ2v) is 6.29. The summed E-state index contributed by atoms with van der Waals surface area (Å²) >= 11 is 6.17. The van der Waals surface area contributed by atoms with E-state index in [1.807, 2.05) is 25.1 Å². The van der Waals surface area contributed by atoms with Crippen LogP contribution >= 0.6 is 11.6 Å². The van der Waals surface area contributed by atoms with Crippen molar-refractivity contribution < 1.29 is 14.4 Å². The summed E-state index contributed by atoms with van der Waals surface area (Å²) in [6.07, 6.45) is 0. The molecule has 0 aliphatic carbocycles. The van der Waals surface area contributed by atoms with Crippen LogP contribution in [-0.4, -0.2) is 17.7 Å². The van der Waals surface area contributed by atoms with Crippen LogP contribution in [0.2, 0.25) is 5.02 Å². The third-order valence-corrected chi connectivity index (χ3v) is 3.90. The van der Waals surface area contributed by atoms with E-state index in [1.165, 1.54) is 13.8 Å². The SMILES string of the molecule is CC(=O)Nc1cc(NC(C)=O)cc(C(=O)N[C@H](C)c2ccccc2Cl)c1. The highest BCUT2D eigenvalue weighted by Crippen LogP contribution is 2.24. The molecule has 0 radical (unpaired) electrons. The zero-order valence-electron chi connectivity index (χ0n) is 14.7. The lowest BCUT2D eigenvalue weighted by molar-refractivity contribution is -0.115. The third-order valence-electron chi connectivity index (χ3n) is 3.56.